The standard InChI is InChI=1S/C22H26N6S/c1-3-7-17(8-4-1)19-15-20(24-16-23-19)27-11-13-28(14-12-27)22-26-25-21(29-22)18-9-5-2-6-10-18/h1,3-4,7-8,15-16,18H,2,5-6,9-14H2. The molecule has 3 heterocycles. The maximum atomic E-state index is 4.53. The van der Waals surface area contributed by atoms with Gasteiger partial charge in [-0.1, -0.05) is 60.9 Å². The fourth-order valence-electron chi connectivity index (χ4n) is 4.28. The van der Waals surface area contributed by atoms with Gasteiger partial charge in [0.25, 0.3) is 0 Å². The van der Waals surface area contributed by atoms with Gasteiger partial charge in [0.1, 0.15) is 17.2 Å². The van der Waals surface area contributed by atoms with E-state index in [0.717, 1.165) is 48.4 Å². The van der Waals surface area contributed by atoms with E-state index < -0.39 is 0 Å². The summed E-state index contributed by atoms with van der Waals surface area (Å²) < 4.78 is 0. The van der Waals surface area contributed by atoms with E-state index in [4.69, 9.17) is 0 Å². The molecule has 1 aliphatic heterocycles. The first-order chi connectivity index (χ1) is 14.4. The van der Waals surface area contributed by atoms with Crippen LogP contribution >= 0.6 is 11.3 Å². The van der Waals surface area contributed by atoms with E-state index in [1.165, 1.54) is 37.1 Å². The lowest BCUT2D eigenvalue weighted by Gasteiger charge is -2.35. The van der Waals surface area contributed by atoms with Crippen molar-refractivity contribution in [3.63, 3.8) is 0 Å². The van der Waals surface area contributed by atoms with Crippen LogP contribution in [0.4, 0.5) is 10.9 Å². The summed E-state index contributed by atoms with van der Waals surface area (Å²) in [6.45, 7) is 3.76. The minimum atomic E-state index is 0.633. The van der Waals surface area contributed by atoms with Crippen LogP contribution in [0.15, 0.2) is 42.7 Å². The van der Waals surface area contributed by atoms with E-state index >= 15 is 0 Å². The Kier molecular flexibility index (Phi) is 5.39. The van der Waals surface area contributed by atoms with Crippen LogP contribution in [0, 0.1) is 0 Å². The molecule has 1 saturated heterocycles. The fourth-order valence-corrected chi connectivity index (χ4v) is 5.35. The third-order valence-corrected chi connectivity index (χ3v) is 7.13. The molecular formula is C22H26N6S. The van der Waals surface area contributed by atoms with Crippen molar-refractivity contribution in [2.45, 2.75) is 38.0 Å². The summed E-state index contributed by atoms with van der Waals surface area (Å²) in [5.41, 5.74) is 2.10. The summed E-state index contributed by atoms with van der Waals surface area (Å²) >= 11 is 1.80. The second-order valence-electron chi connectivity index (χ2n) is 7.86. The molecule has 0 unspecified atom stereocenters. The number of hydrogen-bond acceptors (Lipinski definition) is 7. The average molecular weight is 407 g/mol. The van der Waals surface area contributed by atoms with E-state index in [1.54, 1.807) is 17.7 Å². The van der Waals surface area contributed by atoms with Crippen molar-refractivity contribution in [1.29, 1.82) is 0 Å². The van der Waals surface area contributed by atoms with Gasteiger partial charge in [-0.3, -0.25) is 0 Å². The van der Waals surface area contributed by atoms with E-state index in [9.17, 15) is 0 Å². The molecule has 5 rings (SSSR count). The van der Waals surface area contributed by atoms with Gasteiger partial charge in [-0.25, -0.2) is 9.97 Å². The van der Waals surface area contributed by atoms with Gasteiger partial charge in [0.15, 0.2) is 0 Å². The lowest BCUT2D eigenvalue weighted by atomic mass is 9.90. The zero-order chi connectivity index (χ0) is 19.5. The van der Waals surface area contributed by atoms with Crippen LogP contribution in [0.25, 0.3) is 11.3 Å². The maximum absolute atomic E-state index is 4.53. The van der Waals surface area contributed by atoms with Gasteiger partial charge in [0.2, 0.25) is 5.13 Å². The molecule has 150 valence electrons. The summed E-state index contributed by atoms with van der Waals surface area (Å²) in [7, 11) is 0. The largest absolute Gasteiger partial charge is 0.353 e. The Hall–Kier alpha value is -2.54. The van der Waals surface area contributed by atoms with E-state index in [0.29, 0.717) is 5.92 Å². The number of rotatable bonds is 4. The summed E-state index contributed by atoms with van der Waals surface area (Å²) in [6, 6.07) is 12.4. The van der Waals surface area contributed by atoms with Crippen molar-refractivity contribution in [2.24, 2.45) is 0 Å². The molecule has 29 heavy (non-hydrogen) atoms. The van der Waals surface area contributed by atoms with Crippen LogP contribution in [0.1, 0.15) is 43.0 Å². The lowest BCUT2D eigenvalue weighted by Crippen LogP contribution is -2.46. The molecule has 7 heteroatoms. The summed E-state index contributed by atoms with van der Waals surface area (Å²) in [5, 5.41) is 11.4. The lowest BCUT2D eigenvalue weighted by molar-refractivity contribution is 0.440. The zero-order valence-corrected chi connectivity index (χ0v) is 17.4. The van der Waals surface area contributed by atoms with Crippen molar-refractivity contribution in [1.82, 2.24) is 20.2 Å². The topological polar surface area (TPSA) is 58.0 Å². The highest BCUT2D eigenvalue weighted by Crippen LogP contribution is 2.36. The van der Waals surface area contributed by atoms with Crippen molar-refractivity contribution in [3.05, 3.63) is 47.7 Å². The molecule has 2 fully saturated rings. The van der Waals surface area contributed by atoms with Crippen LogP contribution in [-0.4, -0.2) is 46.3 Å². The Labute approximate surface area is 175 Å². The molecule has 0 bridgehead atoms. The molecule has 6 nitrogen and oxygen atoms in total. The highest BCUT2D eigenvalue weighted by molar-refractivity contribution is 7.15. The molecule has 3 aromatic rings. The van der Waals surface area contributed by atoms with Crippen LogP contribution in [0.3, 0.4) is 0 Å². The SMILES string of the molecule is c1ccc(-c2cc(N3CCN(c4nnc(C5CCCCC5)s4)CC3)ncn2)cc1. The number of nitrogens with zero attached hydrogens (tertiary/aromatic N) is 6. The van der Waals surface area contributed by atoms with Gasteiger partial charge in [0.05, 0.1) is 5.69 Å². The van der Waals surface area contributed by atoms with E-state index in [-0.39, 0.29) is 0 Å². The Morgan fingerprint density at radius 3 is 2.38 bits per heavy atom. The van der Waals surface area contributed by atoms with Gasteiger partial charge < -0.3 is 9.80 Å². The molecule has 0 atom stereocenters. The normalized spacial score (nSPS) is 18.2. The molecule has 2 aliphatic rings. The maximum Gasteiger partial charge on any atom is 0.208 e. The summed E-state index contributed by atoms with van der Waals surface area (Å²) in [5.74, 6) is 1.63. The predicted octanol–water partition coefficient (Wildman–Crippen LogP) is 4.37. The van der Waals surface area contributed by atoms with Gasteiger partial charge in [-0.2, -0.15) is 0 Å². The molecule has 0 spiro atoms. The number of aromatic nitrogens is 4. The Balaban J connectivity index is 1.24. The van der Waals surface area contributed by atoms with Crippen LogP contribution in [0.5, 0.6) is 0 Å². The molecule has 0 radical (unpaired) electrons. The van der Waals surface area contributed by atoms with Crippen molar-refractivity contribution < 1.29 is 0 Å². The molecule has 2 aromatic heterocycles. The van der Waals surface area contributed by atoms with Gasteiger partial charge in [-0.15, -0.1) is 10.2 Å². The Morgan fingerprint density at radius 1 is 0.828 bits per heavy atom. The molecular weight excluding hydrogens is 380 g/mol. The molecule has 1 aliphatic carbocycles. The van der Waals surface area contributed by atoms with Crippen LogP contribution in [0.2, 0.25) is 0 Å². The average Bonchev–Trinajstić information content (AvgIpc) is 3.31. The second-order valence-corrected chi connectivity index (χ2v) is 8.85. The molecule has 1 aromatic carbocycles. The smallest absolute Gasteiger partial charge is 0.208 e. The quantitative estimate of drug-likeness (QED) is 0.641. The predicted molar refractivity (Wildman–Crippen MR) is 118 cm³/mol. The molecule has 0 N–H and O–H groups in total. The zero-order valence-electron chi connectivity index (χ0n) is 16.6. The van der Waals surface area contributed by atoms with E-state index in [2.05, 4.69) is 48.2 Å². The van der Waals surface area contributed by atoms with Gasteiger partial charge in [0, 0.05) is 43.7 Å². The van der Waals surface area contributed by atoms with E-state index in [1.807, 2.05) is 18.2 Å². The third-order valence-electron chi connectivity index (χ3n) is 5.98. The van der Waals surface area contributed by atoms with Crippen LogP contribution < -0.4 is 9.80 Å². The first kappa shape index (κ1) is 18.5. The molecule has 0 amide bonds. The molecule has 1 saturated carbocycles. The first-order valence-corrected chi connectivity index (χ1v) is 11.4. The third kappa shape index (κ3) is 4.10. The minimum Gasteiger partial charge on any atom is -0.353 e. The number of anilines is 2. The summed E-state index contributed by atoms with van der Waals surface area (Å²) in [4.78, 5) is 13.7. The minimum absolute atomic E-state index is 0.633. The second kappa shape index (κ2) is 8.45. The van der Waals surface area contributed by atoms with Crippen molar-refractivity contribution in [3.8, 4) is 11.3 Å². The fraction of sp³-hybridized carbons (Fsp3) is 0.455. The Morgan fingerprint density at radius 2 is 1.59 bits per heavy atom. The highest BCUT2D eigenvalue weighted by Gasteiger charge is 2.24. The number of piperazine rings is 1. The monoisotopic (exact) mass is 406 g/mol. The van der Waals surface area contributed by atoms with Crippen molar-refractivity contribution >= 4 is 22.3 Å². The van der Waals surface area contributed by atoms with Crippen LogP contribution in [-0.2, 0) is 0 Å². The van der Waals surface area contributed by atoms with Gasteiger partial charge >= 0.3 is 0 Å². The van der Waals surface area contributed by atoms with Crippen molar-refractivity contribution in [2.75, 3.05) is 36.0 Å². The first-order valence-electron chi connectivity index (χ1n) is 10.6. The Bertz CT molecular complexity index is 929. The number of benzene rings is 1. The summed E-state index contributed by atoms with van der Waals surface area (Å²) in [6.07, 6.45) is 8.27. The highest BCUT2D eigenvalue weighted by atomic mass is 32.1. The van der Waals surface area contributed by atoms with Gasteiger partial charge in [-0.05, 0) is 12.8 Å². The number of hydrogen-bond donors (Lipinski definition) is 0.